The van der Waals surface area contributed by atoms with Gasteiger partial charge in [0.1, 0.15) is 23.0 Å². The van der Waals surface area contributed by atoms with Gasteiger partial charge < -0.3 is 9.84 Å². The van der Waals surface area contributed by atoms with Gasteiger partial charge in [0, 0.05) is 13.0 Å². The molecular weight excluding hydrogens is 265 g/mol. The lowest BCUT2D eigenvalue weighted by Gasteiger charge is -2.06. The van der Waals surface area contributed by atoms with Gasteiger partial charge in [-0.2, -0.15) is 0 Å². The Morgan fingerprint density at radius 3 is 2.40 bits per heavy atom. The Bertz CT molecular complexity index is 667. The zero-order valence-electron chi connectivity index (χ0n) is 10.5. The average molecular weight is 275 g/mol. The second-order valence-electron chi connectivity index (χ2n) is 3.98. The third-order valence-electron chi connectivity index (χ3n) is 2.50. The fourth-order valence-electron chi connectivity index (χ4n) is 1.52. The van der Waals surface area contributed by atoms with Gasteiger partial charge in [-0.1, -0.05) is 0 Å². The Balaban J connectivity index is 2.19. The van der Waals surface area contributed by atoms with E-state index in [-0.39, 0.29) is 11.5 Å². The van der Waals surface area contributed by atoms with Crippen molar-refractivity contribution in [3.63, 3.8) is 0 Å². The van der Waals surface area contributed by atoms with Crippen molar-refractivity contribution >= 4 is 11.8 Å². The molecule has 0 fully saturated rings. The van der Waals surface area contributed by atoms with E-state index in [0.717, 1.165) is 12.1 Å². The minimum Gasteiger partial charge on any atom is -0.478 e. The number of benzene rings is 1. The third kappa shape index (κ3) is 2.97. The number of nitrogens with zero attached hydrogens (tertiary/aromatic N) is 1. The second-order valence-corrected chi connectivity index (χ2v) is 3.98. The Labute approximate surface area is 113 Å². The Morgan fingerprint density at radius 2 is 1.90 bits per heavy atom. The lowest BCUT2D eigenvalue weighted by molar-refractivity contribution is 0.0691. The van der Waals surface area contributed by atoms with Crippen molar-refractivity contribution in [2.75, 3.05) is 0 Å². The predicted molar refractivity (Wildman–Crippen MR) is 67.7 cm³/mol. The smallest absolute Gasteiger partial charge is 0.338 e. The predicted octanol–water partition coefficient (Wildman–Crippen LogP) is 2.91. The summed E-state index contributed by atoms with van der Waals surface area (Å²) in [4.78, 5) is 25.6. The van der Waals surface area contributed by atoms with Gasteiger partial charge in [0.25, 0.3) is 0 Å². The van der Waals surface area contributed by atoms with Crippen molar-refractivity contribution < 1.29 is 23.8 Å². The molecule has 1 aromatic carbocycles. The molecule has 0 aliphatic rings. The maximum absolute atomic E-state index is 13.5. The molecule has 0 unspecified atom stereocenters. The van der Waals surface area contributed by atoms with Crippen molar-refractivity contribution in [1.29, 1.82) is 0 Å². The molecule has 0 aliphatic heterocycles. The largest absolute Gasteiger partial charge is 0.478 e. The number of aromatic carboxylic acids is 1. The van der Waals surface area contributed by atoms with Gasteiger partial charge >= 0.3 is 5.97 Å². The summed E-state index contributed by atoms with van der Waals surface area (Å²) in [5, 5.41) is 8.71. The molecule has 1 aromatic heterocycles. The lowest BCUT2D eigenvalue weighted by Crippen LogP contribution is -2.00. The van der Waals surface area contributed by atoms with E-state index in [1.165, 1.54) is 31.3 Å². The van der Waals surface area contributed by atoms with Crippen molar-refractivity contribution in [3.05, 3.63) is 53.6 Å². The minimum absolute atomic E-state index is 0.143. The molecule has 0 saturated carbocycles. The lowest BCUT2D eigenvalue weighted by atomic mass is 10.2. The Morgan fingerprint density at radius 1 is 1.20 bits per heavy atom. The molecule has 0 amide bonds. The molecule has 2 rings (SSSR count). The van der Waals surface area contributed by atoms with Crippen molar-refractivity contribution in [3.8, 4) is 11.5 Å². The number of halogens is 1. The molecule has 0 aliphatic carbocycles. The molecule has 0 bridgehead atoms. The van der Waals surface area contributed by atoms with Gasteiger partial charge in [0.05, 0.1) is 11.8 Å². The monoisotopic (exact) mass is 275 g/mol. The molecule has 2 aromatic rings. The summed E-state index contributed by atoms with van der Waals surface area (Å²) >= 11 is 0. The van der Waals surface area contributed by atoms with Crippen LogP contribution >= 0.6 is 0 Å². The quantitative estimate of drug-likeness (QED) is 0.868. The topological polar surface area (TPSA) is 76.5 Å². The van der Waals surface area contributed by atoms with Crippen LogP contribution in [0, 0.1) is 5.82 Å². The van der Waals surface area contributed by atoms with Gasteiger partial charge in [-0.3, -0.25) is 4.79 Å². The van der Waals surface area contributed by atoms with E-state index < -0.39 is 17.3 Å². The van der Waals surface area contributed by atoms with Gasteiger partial charge in [-0.15, -0.1) is 0 Å². The number of aromatic nitrogens is 1. The molecule has 6 heteroatoms. The van der Waals surface area contributed by atoms with E-state index in [1.807, 2.05) is 0 Å². The molecule has 0 spiro atoms. The Kier molecular flexibility index (Phi) is 3.74. The first-order valence-corrected chi connectivity index (χ1v) is 5.65. The number of Topliss-reactive ketones (excluding diaryl/α,β-unsaturated/α-hetero) is 1. The molecule has 0 saturated heterocycles. The van der Waals surface area contributed by atoms with Crippen LogP contribution in [-0.2, 0) is 0 Å². The van der Waals surface area contributed by atoms with Crippen molar-refractivity contribution in [2.45, 2.75) is 6.92 Å². The van der Waals surface area contributed by atoms with Crippen molar-refractivity contribution in [1.82, 2.24) is 4.98 Å². The first-order chi connectivity index (χ1) is 9.47. The summed E-state index contributed by atoms with van der Waals surface area (Å²) < 4.78 is 18.8. The highest BCUT2D eigenvalue weighted by Gasteiger charge is 2.11. The number of carboxylic acid groups (broad SMARTS) is 1. The molecule has 0 radical (unpaired) electrons. The maximum Gasteiger partial charge on any atom is 0.338 e. The van der Waals surface area contributed by atoms with E-state index in [4.69, 9.17) is 9.84 Å². The van der Waals surface area contributed by atoms with Crippen LogP contribution in [0.25, 0.3) is 0 Å². The van der Waals surface area contributed by atoms with E-state index in [0.29, 0.717) is 11.4 Å². The first-order valence-electron chi connectivity index (χ1n) is 5.65. The number of pyridine rings is 1. The highest BCUT2D eigenvalue weighted by Crippen LogP contribution is 2.23. The third-order valence-corrected chi connectivity index (χ3v) is 2.50. The summed E-state index contributed by atoms with van der Waals surface area (Å²) in [6, 6.07) is 6.44. The molecule has 1 N–H and O–H groups in total. The minimum atomic E-state index is -1.35. The molecule has 20 heavy (non-hydrogen) atoms. The molecule has 1 heterocycles. The Hall–Kier alpha value is -2.76. The number of carbonyl (C=O) groups excluding carboxylic acids is 1. The van der Waals surface area contributed by atoms with E-state index in [1.54, 1.807) is 0 Å². The van der Waals surface area contributed by atoms with Gasteiger partial charge in [-0.25, -0.2) is 14.2 Å². The summed E-state index contributed by atoms with van der Waals surface area (Å²) in [6.45, 7) is 1.39. The van der Waals surface area contributed by atoms with Crippen molar-refractivity contribution in [2.24, 2.45) is 0 Å². The van der Waals surface area contributed by atoms with Gasteiger partial charge in [0.15, 0.2) is 5.78 Å². The zero-order valence-corrected chi connectivity index (χ0v) is 10.5. The van der Waals surface area contributed by atoms with Crippen LogP contribution in [0.2, 0.25) is 0 Å². The second kappa shape index (κ2) is 5.48. The highest BCUT2D eigenvalue weighted by molar-refractivity contribution is 5.92. The van der Waals surface area contributed by atoms with Gasteiger partial charge in [0.2, 0.25) is 0 Å². The number of ether oxygens (including phenoxy) is 1. The van der Waals surface area contributed by atoms with Crippen LogP contribution in [0.15, 0.2) is 36.5 Å². The average Bonchev–Trinajstić information content (AvgIpc) is 2.39. The fraction of sp³-hybridized carbons (Fsp3) is 0.0714. The van der Waals surface area contributed by atoms with Crippen LogP contribution < -0.4 is 4.74 Å². The van der Waals surface area contributed by atoms with Crippen LogP contribution in [0.1, 0.15) is 27.8 Å². The van der Waals surface area contributed by atoms with E-state index >= 15 is 0 Å². The number of rotatable bonds is 4. The van der Waals surface area contributed by atoms with Gasteiger partial charge in [-0.05, 0) is 24.3 Å². The first kappa shape index (κ1) is 13.7. The standard InChI is InChI=1S/C14H10FNO4/c1-8(17)13-5-3-10(7-16-13)20-9-2-4-11(14(18)19)12(15)6-9/h2-7H,1H3,(H,18,19). The highest BCUT2D eigenvalue weighted by atomic mass is 19.1. The molecule has 0 atom stereocenters. The summed E-state index contributed by atoms with van der Waals surface area (Å²) in [6.07, 6.45) is 1.33. The van der Waals surface area contributed by atoms with E-state index in [2.05, 4.69) is 4.98 Å². The summed E-state index contributed by atoms with van der Waals surface area (Å²) in [5.74, 6) is -1.94. The molecule has 102 valence electrons. The molecule has 5 nitrogen and oxygen atoms in total. The van der Waals surface area contributed by atoms with Crippen LogP contribution in [0.5, 0.6) is 11.5 Å². The number of hydrogen-bond acceptors (Lipinski definition) is 4. The maximum atomic E-state index is 13.5. The zero-order chi connectivity index (χ0) is 14.7. The van der Waals surface area contributed by atoms with Crippen LogP contribution in [0.4, 0.5) is 4.39 Å². The number of carboxylic acids is 1. The summed E-state index contributed by atoms with van der Waals surface area (Å²) in [5.41, 5.74) is -0.132. The van der Waals surface area contributed by atoms with Crippen LogP contribution in [-0.4, -0.2) is 21.8 Å². The van der Waals surface area contributed by atoms with E-state index in [9.17, 15) is 14.0 Å². The normalized spacial score (nSPS) is 10.1. The fourth-order valence-corrected chi connectivity index (χ4v) is 1.52. The molecular formula is C14H10FNO4. The number of carbonyl (C=O) groups is 2. The number of ketones is 1. The summed E-state index contributed by atoms with van der Waals surface area (Å²) in [7, 11) is 0. The SMILES string of the molecule is CC(=O)c1ccc(Oc2ccc(C(=O)O)c(F)c2)cn1. The number of hydrogen-bond donors (Lipinski definition) is 1. The van der Waals surface area contributed by atoms with Crippen LogP contribution in [0.3, 0.4) is 0 Å².